The average Bonchev–Trinajstić information content (AvgIpc) is 2.46. The lowest BCUT2D eigenvalue weighted by atomic mass is 10.0. The van der Waals surface area contributed by atoms with E-state index in [0.29, 0.717) is 10.8 Å². The molecule has 0 bridgehead atoms. The van der Waals surface area contributed by atoms with E-state index in [1.807, 2.05) is 6.07 Å². The number of hydrogen-bond donors (Lipinski definition) is 2. The lowest BCUT2D eigenvalue weighted by Crippen LogP contribution is -2.30. The monoisotopic (exact) mass is 298 g/mol. The molecule has 1 rings (SSSR count). The van der Waals surface area contributed by atoms with Gasteiger partial charge in [-0.2, -0.15) is 0 Å². The first-order chi connectivity index (χ1) is 9.62. The van der Waals surface area contributed by atoms with Crippen LogP contribution in [0.25, 0.3) is 0 Å². The van der Waals surface area contributed by atoms with Crippen molar-refractivity contribution in [3.05, 3.63) is 22.8 Å². The summed E-state index contributed by atoms with van der Waals surface area (Å²) < 4.78 is 0. The minimum atomic E-state index is 0.210. The zero-order valence-electron chi connectivity index (χ0n) is 12.8. The van der Waals surface area contributed by atoms with E-state index in [-0.39, 0.29) is 6.04 Å². The second kappa shape index (κ2) is 9.16. The van der Waals surface area contributed by atoms with Crippen molar-refractivity contribution in [1.29, 1.82) is 0 Å². The maximum Gasteiger partial charge on any atom is 0.128 e. The van der Waals surface area contributed by atoms with Crippen LogP contribution >= 0.6 is 11.6 Å². The highest BCUT2D eigenvalue weighted by Crippen LogP contribution is 2.25. The second-order valence-electron chi connectivity index (χ2n) is 4.95. The molecule has 0 fully saturated rings. The van der Waals surface area contributed by atoms with E-state index in [2.05, 4.69) is 36.0 Å². The molecule has 0 radical (unpaired) electrons. The number of nitrogen functional groups attached to an aromatic ring is 1. The van der Waals surface area contributed by atoms with Gasteiger partial charge in [-0.15, -0.1) is 0 Å². The van der Waals surface area contributed by atoms with E-state index in [1.165, 1.54) is 0 Å². The summed E-state index contributed by atoms with van der Waals surface area (Å²) in [7, 11) is 0. The van der Waals surface area contributed by atoms with E-state index in [4.69, 9.17) is 17.3 Å². The number of rotatable bonds is 9. The molecule has 0 aliphatic rings. The van der Waals surface area contributed by atoms with Gasteiger partial charge in [-0.25, -0.2) is 4.98 Å². The van der Waals surface area contributed by atoms with Crippen molar-refractivity contribution in [2.75, 3.05) is 31.9 Å². The number of anilines is 1. The quantitative estimate of drug-likeness (QED) is 0.735. The van der Waals surface area contributed by atoms with Crippen LogP contribution in [0.2, 0.25) is 5.02 Å². The molecule has 114 valence electrons. The second-order valence-corrected chi connectivity index (χ2v) is 5.39. The van der Waals surface area contributed by atoms with Crippen molar-refractivity contribution >= 4 is 17.4 Å². The molecule has 1 atom stereocenters. The molecule has 1 heterocycles. The van der Waals surface area contributed by atoms with E-state index in [1.54, 1.807) is 6.20 Å². The first kappa shape index (κ1) is 17.2. The Kier molecular flexibility index (Phi) is 7.88. The molecule has 0 spiro atoms. The van der Waals surface area contributed by atoms with Gasteiger partial charge in [0.2, 0.25) is 0 Å². The standard InChI is InChI=1S/C15H27ClN4/c1-4-8-18-14(7-9-20(5-2)6-3)13-10-12(16)11-19-15(13)17/h10-11,14,18H,4-9H2,1-3H3,(H2,17,19). The predicted molar refractivity (Wildman–Crippen MR) is 87.1 cm³/mol. The number of nitrogens with zero attached hydrogens (tertiary/aromatic N) is 2. The molecule has 1 aromatic rings. The summed E-state index contributed by atoms with van der Waals surface area (Å²) in [4.78, 5) is 6.58. The Hall–Kier alpha value is -0.840. The highest BCUT2D eigenvalue weighted by Gasteiger charge is 2.16. The van der Waals surface area contributed by atoms with E-state index in [9.17, 15) is 0 Å². The Bertz CT molecular complexity index is 393. The summed E-state index contributed by atoms with van der Waals surface area (Å²) >= 11 is 6.06. The summed E-state index contributed by atoms with van der Waals surface area (Å²) in [5.74, 6) is 0.572. The van der Waals surface area contributed by atoms with Crippen LogP contribution in [0.3, 0.4) is 0 Å². The Morgan fingerprint density at radius 2 is 2.05 bits per heavy atom. The van der Waals surface area contributed by atoms with Crippen molar-refractivity contribution in [3.8, 4) is 0 Å². The number of hydrogen-bond acceptors (Lipinski definition) is 4. The average molecular weight is 299 g/mol. The fourth-order valence-electron chi connectivity index (χ4n) is 2.28. The van der Waals surface area contributed by atoms with Gasteiger partial charge in [0.05, 0.1) is 5.02 Å². The molecular weight excluding hydrogens is 272 g/mol. The van der Waals surface area contributed by atoms with Crippen molar-refractivity contribution in [2.24, 2.45) is 0 Å². The highest BCUT2D eigenvalue weighted by molar-refractivity contribution is 6.30. The highest BCUT2D eigenvalue weighted by atomic mass is 35.5. The van der Waals surface area contributed by atoms with E-state index < -0.39 is 0 Å². The molecule has 1 aromatic heterocycles. The van der Waals surface area contributed by atoms with Crippen LogP contribution in [0, 0.1) is 0 Å². The normalized spacial score (nSPS) is 12.8. The van der Waals surface area contributed by atoms with Crippen LogP contribution in [0.4, 0.5) is 5.82 Å². The molecule has 0 aromatic carbocycles. The fourth-order valence-corrected chi connectivity index (χ4v) is 2.45. The Balaban J connectivity index is 2.79. The molecule has 20 heavy (non-hydrogen) atoms. The van der Waals surface area contributed by atoms with Gasteiger partial charge in [0, 0.05) is 17.8 Å². The third kappa shape index (κ3) is 5.27. The molecule has 0 aliphatic heterocycles. The van der Waals surface area contributed by atoms with Crippen LogP contribution in [-0.4, -0.2) is 36.1 Å². The fraction of sp³-hybridized carbons (Fsp3) is 0.667. The molecule has 0 saturated carbocycles. The number of halogens is 1. The largest absolute Gasteiger partial charge is 0.383 e. The zero-order chi connectivity index (χ0) is 15.0. The molecule has 5 heteroatoms. The molecule has 0 saturated heterocycles. The van der Waals surface area contributed by atoms with Gasteiger partial charge >= 0.3 is 0 Å². The van der Waals surface area contributed by atoms with Crippen molar-refractivity contribution in [2.45, 2.75) is 39.7 Å². The van der Waals surface area contributed by atoms with Crippen LogP contribution in [0.5, 0.6) is 0 Å². The third-order valence-corrected chi connectivity index (χ3v) is 3.77. The van der Waals surface area contributed by atoms with Crippen molar-refractivity contribution in [1.82, 2.24) is 15.2 Å². The first-order valence-corrected chi connectivity index (χ1v) is 7.86. The van der Waals surface area contributed by atoms with Gasteiger partial charge in [0.25, 0.3) is 0 Å². The smallest absolute Gasteiger partial charge is 0.128 e. The summed E-state index contributed by atoms with van der Waals surface area (Å²) in [6.45, 7) is 10.7. The Morgan fingerprint density at radius 3 is 2.65 bits per heavy atom. The van der Waals surface area contributed by atoms with Gasteiger partial charge < -0.3 is 16.0 Å². The van der Waals surface area contributed by atoms with Crippen LogP contribution in [0.1, 0.15) is 45.2 Å². The van der Waals surface area contributed by atoms with Gasteiger partial charge in [-0.05, 0) is 45.1 Å². The Labute approximate surface area is 127 Å². The van der Waals surface area contributed by atoms with Crippen molar-refractivity contribution < 1.29 is 0 Å². The zero-order valence-corrected chi connectivity index (χ0v) is 13.6. The van der Waals surface area contributed by atoms with Crippen LogP contribution in [0.15, 0.2) is 12.3 Å². The van der Waals surface area contributed by atoms with Gasteiger partial charge in [0.15, 0.2) is 0 Å². The summed E-state index contributed by atoms with van der Waals surface area (Å²) in [5.41, 5.74) is 7.02. The summed E-state index contributed by atoms with van der Waals surface area (Å²) in [6.07, 6.45) is 3.70. The van der Waals surface area contributed by atoms with E-state index >= 15 is 0 Å². The number of aromatic nitrogens is 1. The molecule has 4 nitrogen and oxygen atoms in total. The molecule has 3 N–H and O–H groups in total. The van der Waals surface area contributed by atoms with Gasteiger partial charge in [-0.1, -0.05) is 32.4 Å². The minimum Gasteiger partial charge on any atom is -0.383 e. The molecule has 0 amide bonds. The number of pyridine rings is 1. The predicted octanol–water partition coefficient (Wildman–Crippen LogP) is 3.09. The maximum atomic E-state index is 6.06. The van der Waals surface area contributed by atoms with Gasteiger partial charge in [0.1, 0.15) is 5.82 Å². The maximum absolute atomic E-state index is 6.06. The topological polar surface area (TPSA) is 54.2 Å². The first-order valence-electron chi connectivity index (χ1n) is 7.48. The van der Waals surface area contributed by atoms with Crippen LogP contribution < -0.4 is 11.1 Å². The lowest BCUT2D eigenvalue weighted by Gasteiger charge is -2.24. The van der Waals surface area contributed by atoms with Gasteiger partial charge in [-0.3, -0.25) is 0 Å². The summed E-state index contributed by atoms with van der Waals surface area (Å²) in [5, 5.41) is 4.19. The third-order valence-electron chi connectivity index (χ3n) is 3.56. The van der Waals surface area contributed by atoms with Crippen molar-refractivity contribution in [3.63, 3.8) is 0 Å². The molecule has 1 unspecified atom stereocenters. The van der Waals surface area contributed by atoms with E-state index in [0.717, 1.165) is 44.6 Å². The number of nitrogens with two attached hydrogens (primary N) is 1. The minimum absolute atomic E-state index is 0.210. The molecule has 0 aliphatic carbocycles. The number of nitrogens with one attached hydrogen (secondary N) is 1. The summed E-state index contributed by atoms with van der Waals surface area (Å²) in [6, 6.07) is 2.14. The molecular formula is C15H27ClN4. The van der Waals surface area contributed by atoms with Crippen LogP contribution in [-0.2, 0) is 0 Å². The Morgan fingerprint density at radius 1 is 1.35 bits per heavy atom. The SMILES string of the molecule is CCCNC(CCN(CC)CC)c1cc(Cl)cnc1N. The lowest BCUT2D eigenvalue weighted by molar-refractivity contribution is 0.282.